The minimum atomic E-state index is 0.545. The summed E-state index contributed by atoms with van der Waals surface area (Å²) in [6.45, 7) is 3.95. The summed E-state index contributed by atoms with van der Waals surface area (Å²) in [5, 5.41) is 11.9. The number of nitrogens with zero attached hydrogens (tertiary/aromatic N) is 4. The van der Waals surface area contributed by atoms with Gasteiger partial charge in [-0.3, -0.25) is 0 Å². The molecule has 4 rings (SSSR count). The van der Waals surface area contributed by atoms with Gasteiger partial charge in [0.05, 0.1) is 0 Å². The van der Waals surface area contributed by atoms with Crippen molar-refractivity contribution >= 4 is 17.1 Å². The maximum atomic E-state index is 5.70. The monoisotopic (exact) mass is 297 g/mol. The third kappa shape index (κ3) is 2.34. The molecule has 0 spiro atoms. The van der Waals surface area contributed by atoms with Gasteiger partial charge in [0, 0.05) is 25.9 Å². The Morgan fingerprint density at radius 2 is 2.23 bits per heavy atom. The second-order valence-electron chi connectivity index (χ2n) is 5.77. The molecule has 0 fully saturated rings. The number of para-hydroxylation sites is 2. The summed E-state index contributed by atoms with van der Waals surface area (Å²) in [5.74, 6) is 2.75. The minimum absolute atomic E-state index is 0.545. The van der Waals surface area contributed by atoms with E-state index in [2.05, 4.69) is 32.0 Å². The first kappa shape index (κ1) is 13.3. The quantitative estimate of drug-likeness (QED) is 0.801. The fraction of sp³-hybridized carbons (Fsp3) is 0.438. The maximum absolute atomic E-state index is 5.70. The average Bonchev–Trinajstić information content (AvgIpc) is 3.15. The van der Waals surface area contributed by atoms with Crippen LogP contribution in [0.1, 0.15) is 25.0 Å². The van der Waals surface area contributed by atoms with Crippen LogP contribution in [0.15, 0.2) is 28.7 Å². The number of hydrogen-bond acceptors (Lipinski definition) is 5. The zero-order valence-electron chi connectivity index (χ0n) is 12.6. The number of fused-ring (bicyclic) bond motifs is 2. The Morgan fingerprint density at radius 3 is 3.09 bits per heavy atom. The molecule has 1 aromatic carbocycles. The SMILES string of the molecule is CCc1nnc2n1CC(CNc1nc3ccccc3o1)CC2. The highest BCUT2D eigenvalue weighted by atomic mass is 16.4. The molecule has 0 amide bonds. The summed E-state index contributed by atoms with van der Waals surface area (Å²) < 4.78 is 7.97. The first-order chi connectivity index (χ1) is 10.8. The second kappa shape index (κ2) is 5.44. The van der Waals surface area contributed by atoms with Crippen molar-refractivity contribution < 1.29 is 4.42 Å². The number of benzene rings is 1. The maximum Gasteiger partial charge on any atom is 0.295 e. The zero-order valence-corrected chi connectivity index (χ0v) is 12.6. The Kier molecular flexibility index (Phi) is 3.29. The van der Waals surface area contributed by atoms with Crippen molar-refractivity contribution in [2.24, 2.45) is 5.92 Å². The Bertz CT molecular complexity index is 744. The van der Waals surface area contributed by atoms with Gasteiger partial charge in [0.1, 0.15) is 17.2 Å². The summed E-state index contributed by atoms with van der Waals surface area (Å²) >= 11 is 0. The van der Waals surface area contributed by atoms with Crippen LogP contribution < -0.4 is 5.32 Å². The van der Waals surface area contributed by atoms with E-state index in [0.29, 0.717) is 11.9 Å². The highest BCUT2D eigenvalue weighted by molar-refractivity contribution is 5.74. The van der Waals surface area contributed by atoms with E-state index in [1.54, 1.807) is 0 Å². The average molecular weight is 297 g/mol. The van der Waals surface area contributed by atoms with Crippen LogP contribution in [0.25, 0.3) is 11.1 Å². The lowest BCUT2D eigenvalue weighted by Gasteiger charge is -2.24. The van der Waals surface area contributed by atoms with Gasteiger partial charge in [-0.25, -0.2) is 0 Å². The fourth-order valence-electron chi connectivity index (χ4n) is 3.06. The minimum Gasteiger partial charge on any atom is -0.424 e. The number of oxazole rings is 1. The van der Waals surface area contributed by atoms with Gasteiger partial charge in [0.15, 0.2) is 5.58 Å². The summed E-state index contributed by atoms with van der Waals surface area (Å²) in [6, 6.07) is 8.42. The molecule has 22 heavy (non-hydrogen) atoms. The van der Waals surface area contributed by atoms with E-state index in [4.69, 9.17) is 4.42 Å². The Balaban J connectivity index is 1.44. The van der Waals surface area contributed by atoms with Crippen LogP contribution in [0.5, 0.6) is 0 Å². The highest BCUT2D eigenvalue weighted by Crippen LogP contribution is 2.22. The fourth-order valence-corrected chi connectivity index (χ4v) is 3.06. The smallest absolute Gasteiger partial charge is 0.295 e. The van der Waals surface area contributed by atoms with Crippen molar-refractivity contribution in [3.63, 3.8) is 0 Å². The van der Waals surface area contributed by atoms with Crippen LogP contribution in [0.3, 0.4) is 0 Å². The molecule has 1 aliphatic rings. The Hall–Kier alpha value is -2.37. The van der Waals surface area contributed by atoms with E-state index in [0.717, 1.165) is 55.1 Å². The van der Waals surface area contributed by atoms with Crippen molar-refractivity contribution in [2.75, 3.05) is 11.9 Å². The summed E-state index contributed by atoms with van der Waals surface area (Å²) in [4.78, 5) is 4.46. The van der Waals surface area contributed by atoms with Gasteiger partial charge in [0.2, 0.25) is 0 Å². The summed E-state index contributed by atoms with van der Waals surface area (Å²) in [5.41, 5.74) is 1.71. The molecule has 3 aromatic rings. The molecule has 3 heterocycles. The molecule has 6 heteroatoms. The molecule has 1 N–H and O–H groups in total. The highest BCUT2D eigenvalue weighted by Gasteiger charge is 2.22. The Labute approximate surface area is 128 Å². The molecule has 0 bridgehead atoms. The van der Waals surface area contributed by atoms with Gasteiger partial charge in [-0.05, 0) is 24.5 Å². The van der Waals surface area contributed by atoms with Crippen LogP contribution in [0.2, 0.25) is 0 Å². The lowest BCUT2D eigenvalue weighted by Crippen LogP contribution is -2.27. The standard InChI is InChI=1S/C16H19N5O/c1-2-14-19-20-15-8-7-11(10-21(14)15)9-17-16-18-12-5-3-4-6-13(12)22-16/h3-6,11H,2,7-10H2,1H3,(H,17,18). The van der Waals surface area contributed by atoms with Crippen LogP contribution >= 0.6 is 0 Å². The molecule has 0 saturated heterocycles. The normalized spacial score (nSPS) is 17.6. The van der Waals surface area contributed by atoms with Gasteiger partial charge in [0.25, 0.3) is 6.01 Å². The number of anilines is 1. The molecule has 0 radical (unpaired) electrons. The van der Waals surface area contributed by atoms with E-state index in [1.807, 2.05) is 24.3 Å². The van der Waals surface area contributed by atoms with Gasteiger partial charge in [-0.2, -0.15) is 4.98 Å². The molecular formula is C16H19N5O. The van der Waals surface area contributed by atoms with Crippen molar-refractivity contribution in [1.29, 1.82) is 0 Å². The summed E-state index contributed by atoms with van der Waals surface area (Å²) in [6.07, 6.45) is 3.04. The van der Waals surface area contributed by atoms with Crippen molar-refractivity contribution in [1.82, 2.24) is 19.7 Å². The molecule has 1 unspecified atom stereocenters. The van der Waals surface area contributed by atoms with Crippen LogP contribution in [-0.2, 0) is 19.4 Å². The van der Waals surface area contributed by atoms with E-state index >= 15 is 0 Å². The van der Waals surface area contributed by atoms with Crippen LogP contribution in [0.4, 0.5) is 6.01 Å². The van der Waals surface area contributed by atoms with E-state index in [1.165, 1.54) is 0 Å². The third-order valence-corrected chi connectivity index (χ3v) is 4.27. The molecule has 1 atom stereocenters. The van der Waals surface area contributed by atoms with Crippen LogP contribution in [-0.4, -0.2) is 26.3 Å². The zero-order chi connectivity index (χ0) is 14.9. The van der Waals surface area contributed by atoms with Crippen LogP contribution in [0, 0.1) is 5.92 Å². The number of aromatic nitrogens is 4. The van der Waals surface area contributed by atoms with Gasteiger partial charge < -0.3 is 14.3 Å². The number of nitrogens with one attached hydrogen (secondary N) is 1. The van der Waals surface area contributed by atoms with E-state index in [-0.39, 0.29) is 0 Å². The topological polar surface area (TPSA) is 68.8 Å². The van der Waals surface area contributed by atoms with E-state index < -0.39 is 0 Å². The lowest BCUT2D eigenvalue weighted by molar-refractivity contribution is 0.372. The molecule has 6 nitrogen and oxygen atoms in total. The van der Waals surface area contributed by atoms with Gasteiger partial charge in [-0.1, -0.05) is 19.1 Å². The molecule has 114 valence electrons. The summed E-state index contributed by atoms with van der Waals surface area (Å²) in [7, 11) is 0. The number of rotatable bonds is 4. The molecule has 1 aliphatic heterocycles. The number of aryl methyl sites for hydroxylation is 2. The molecule has 2 aromatic heterocycles. The molecular weight excluding hydrogens is 278 g/mol. The van der Waals surface area contributed by atoms with Crippen molar-refractivity contribution in [3.8, 4) is 0 Å². The molecule has 0 saturated carbocycles. The molecule has 0 aliphatic carbocycles. The largest absolute Gasteiger partial charge is 0.424 e. The Morgan fingerprint density at radius 1 is 1.32 bits per heavy atom. The van der Waals surface area contributed by atoms with Crippen molar-refractivity contribution in [2.45, 2.75) is 32.7 Å². The first-order valence-corrected chi connectivity index (χ1v) is 7.84. The van der Waals surface area contributed by atoms with Crippen molar-refractivity contribution in [3.05, 3.63) is 35.9 Å². The van der Waals surface area contributed by atoms with Gasteiger partial charge in [-0.15, -0.1) is 10.2 Å². The third-order valence-electron chi connectivity index (χ3n) is 4.27. The predicted octanol–water partition coefficient (Wildman–Crippen LogP) is 2.66. The lowest BCUT2D eigenvalue weighted by atomic mass is 9.99. The number of hydrogen-bond donors (Lipinski definition) is 1. The predicted molar refractivity (Wildman–Crippen MR) is 83.7 cm³/mol. The second-order valence-corrected chi connectivity index (χ2v) is 5.77. The van der Waals surface area contributed by atoms with Gasteiger partial charge >= 0.3 is 0 Å². The van der Waals surface area contributed by atoms with E-state index in [9.17, 15) is 0 Å². The first-order valence-electron chi connectivity index (χ1n) is 7.84.